The number of rotatable bonds is 7. The van der Waals surface area contributed by atoms with Crippen LogP contribution in [-0.2, 0) is 11.3 Å². The minimum atomic E-state index is 0.225. The van der Waals surface area contributed by atoms with Gasteiger partial charge in [-0.1, -0.05) is 52.8 Å². The molecule has 0 amide bonds. The van der Waals surface area contributed by atoms with Crippen molar-refractivity contribution in [1.82, 2.24) is 4.90 Å². The van der Waals surface area contributed by atoms with Crippen molar-refractivity contribution in [3.63, 3.8) is 0 Å². The molecule has 1 rings (SSSR count). The number of nitrogens with zero attached hydrogens (tertiary/aromatic N) is 1. The van der Waals surface area contributed by atoms with E-state index in [1.165, 1.54) is 5.56 Å². The lowest BCUT2D eigenvalue weighted by Crippen LogP contribution is -2.26. The first-order chi connectivity index (χ1) is 8.08. The van der Waals surface area contributed by atoms with Gasteiger partial charge in [-0.2, -0.15) is 0 Å². The van der Waals surface area contributed by atoms with Gasteiger partial charge in [0.1, 0.15) is 5.78 Å². The molecule has 0 spiro atoms. The summed E-state index contributed by atoms with van der Waals surface area (Å²) in [6, 6.07) is 10.3. The van der Waals surface area contributed by atoms with E-state index in [9.17, 15) is 4.79 Å². The molecule has 2 nitrogen and oxygen atoms in total. The molecule has 0 atom stereocenters. The molecule has 0 saturated heterocycles. The molecule has 0 saturated carbocycles. The van der Waals surface area contributed by atoms with Crippen LogP contribution < -0.4 is 0 Å². The van der Waals surface area contributed by atoms with Crippen molar-refractivity contribution in [2.45, 2.75) is 19.9 Å². The fraction of sp³-hybridized carbons (Fsp3) is 0.357. The summed E-state index contributed by atoms with van der Waals surface area (Å²) in [6.07, 6.45) is 0.590. The van der Waals surface area contributed by atoms with Crippen molar-refractivity contribution in [2.24, 2.45) is 0 Å². The van der Waals surface area contributed by atoms with Gasteiger partial charge in [0.15, 0.2) is 0 Å². The number of halogens is 1. The zero-order valence-corrected chi connectivity index (χ0v) is 11.7. The summed E-state index contributed by atoms with van der Waals surface area (Å²) in [7, 11) is 0. The summed E-state index contributed by atoms with van der Waals surface area (Å²) in [5, 5.41) is 0. The number of carbonyl (C=O) groups excluding carboxylic acids is 1. The number of hydrogen-bond acceptors (Lipinski definition) is 2. The molecule has 0 aliphatic rings. The van der Waals surface area contributed by atoms with E-state index in [0.29, 0.717) is 6.42 Å². The van der Waals surface area contributed by atoms with Gasteiger partial charge in [-0.15, -0.1) is 0 Å². The molecule has 0 aliphatic carbocycles. The second kappa shape index (κ2) is 7.41. The highest BCUT2D eigenvalue weighted by atomic mass is 79.9. The lowest BCUT2D eigenvalue weighted by Gasteiger charge is -2.21. The first-order valence-electron chi connectivity index (χ1n) is 5.67. The Morgan fingerprint density at radius 2 is 2.00 bits per heavy atom. The normalized spacial score (nSPS) is 10.5. The zero-order valence-electron chi connectivity index (χ0n) is 10.2. The average molecular weight is 296 g/mol. The second-order valence-electron chi connectivity index (χ2n) is 4.17. The molecule has 0 aromatic heterocycles. The van der Waals surface area contributed by atoms with E-state index in [-0.39, 0.29) is 5.78 Å². The van der Waals surface area contributed by atoms with Gasteiger partial charge in [-0.3, -0.25) is 9.69 Å². The molecule has 1 aromatic carbocycles. The van der Waals surface area contributed by atoms with Crippen LogP contribution in [0.5, 0.6) is 0 Å². The minimum Gasteiger partial charge on any atom is -0.300 e. The Balaban J connectivity index is 2.56. The van der Waals surface area contributed by atoms with Gasteiger partial charge in [0, 0.05) is 30.5 Å². The van der Waals surface area contributed by atoms with Gasteiger partial charge in [-0.25, -0.2) is 0 Å². The van der Waals surface area contributed by atoms with Crippen LogP contribution in [0.4, 0.5) is 0 Å². The third kappa shape index (κ3) is 6.39. The Bertz CT molecular complexity index is 375. The van der Waals surface area contributed by atoms with Crippen molar-refractivity contribution in [3.8, 4) is 0 Å². The molecule has 0 aliphatic heterocycles. The number of carbonyl (C=O) groups is 1. The number of ketones is 1. The Hall–Kier alpha value is -0.930. The second-order valence-corrected chi connectivity index (χ2v) is 5.29. The topological polar surface area (TPSA) is 20.3 Å². The van der Waals surface area contributed by atoms with Gasteiger partial charge in [-0.05, 0) is 12.5 Å². The van der Waals surface area contributed by atoms with Crippen molar-refractivity contribution in [2.75, 3.05) is 13.1 Å². The molecule has 1 aromatic rings. The molecule has 0 fully saturated rings. The molecule has 0 unspecified atom stereocenters. The molecule has 0 heterocycles. The van der Waals surface area contributed by atoms with Gasteiger partial charge in [0.05, 0.1) is 0 Å². The molecule has 3 heteroatoms. The maximum atomic E-state index is 11.0. The smallest absolute Gasteiger partial charge is 0.131 e. The fourth-order valence-corrected chi connectivity index (χ4v) is 1.97. The third-order valence-corrected chi connectivity index (χ3v) is 2.68. The summed E-state index contributed by atoms with van der Waals surface area (Å²) in [5.41, 5.74) is 1.25. The maximum Gasteiger partial charge on any atom is 0.131 e. The van der Waals surface area contributed by atoms with Crippen LogP contribution in [0.15, 0.2) is 41.4 Å². The Morgan fingerprint density at radius 3 is 2.53 bits per heavy atom. The monoisotopic (exact) mass is 295 g/mol. The third-order valence-electron chi connectivity index (χ3n) is 2.42. The van der Waals surface area contributed by atoms with Crippen molar-refractivity contribution in [1.29, 1.82) is 0 Å². The van der Waals surface area contributed by atoms with E-state index in [1.54, 1.807) is 6.92 Å². The van der Waals surface area contributed by atoms with E-state index in [0.717, 1.165) is 24.1 Å². The molecule has 17 heavy (non-hydrogen) atoms. The van der Waals surface area contributed by atoms with E-state index >= 15 is 0 Å². The highest BCUT2D eigenvalue weighted by molar-refractivity contribution is 9.11. The van der Waals surface area contributed by atoms with Crippen LogP contribution in [0.25, 0.3) is 0 Å². The van der Waals surface area contributed by atoms with Crippen molar-refractivity contribution < 1.29 is 4.79 Å². The van der Waals surface area contributed by atoms with Crippen LogP contribution in [-0.4, -0.2) is 23.8 Å². The standard InChI is InChI=1S/C14H18BrNO/c1-12(15)10-16(9-8-13(2)17)11-14-6-4-3-5-7-14/h3-7H,1,8-11H2,2H3. The van der Waals surface area contributed by atoms with Gasteiger partial charge >= 0.3 is 0 Å². The number of hydrogen-bond donors (Lipinski definition) is 0. The first-order valence-corrected chi connectivity index (χ1v) is 6.46. The van der Waals surface area contributed by atoms with E-state index in [4.69, 9.17) is 0 Å². The van der Waals surface area contributed by atoms with Crippen molar-refractivity contribution >= 4 is 21.7 Å². The number of Topliss-reactive ketones (excluding diaryl/α,β-unsaturated/α-hetero) is 1. The Labute approximate surface area is 111 Å². The molecule has 0 bridgehead atoms. The predicted molar refractivity (Wildman–Crippen MR) is 75.1 cm³/mol. The molecular weight excluding hydrogens is 278 g/mol. The fourth-order valence-electron chi connectivity index (χ4n) is 1.61. The highest BCUT2D eigenvalue weighted by Crippen LogP contribution is 2.10. The van der Waals surface area contributed by atoms with Crippen LogP contribution in [0.2, 0.25) is 0 Å². The maximum absolute atomic E-state index is 11.0. The minimum absolute atomic E-state index is 0.225. The lowest BCUT2D eigenvalue weighted by atomic mass is 10.2. The average Bonchev–Trinajstić information content (AvgIpc) is 2.26. The molecular formula is C14H18BrNO. The highest BCUT2D eigenvalue weighted by Gasteiger charge is 2.07. The zero-order chi connectivity index (χ0) is 12.7. The van der Waals surface area contributed by atoms with Gasteiger partial charge < -0.3 is 0 Å². The first kappa shape index (κ1) is 14.1. The lowest BCUT2D eigenvalue weighted by molar-refractivity contribution is -0.117. The van der Waals surface area contributed by atoms with E-state index in [1.807, 2.05) is 18.2 Å². The van der Waals surface area contributed by atoms with Crippen molar-refractivity contribution in [3.05, 3.63) is 47.0 Å². The number of benzene rings is 1. The Morgan fingerprint density at radius 1 is 1.35 bits per heavy atom. The van der Waals surface area contributed by atoms with Crippen LogP contribution in [0.3, 0.4) is 0 Å². The van der Waals surface area contributed by atoms with Crippen LogP contribution in [0, 0.1) is 0 Å². The summed E-state index contributed by atoms with van der Waals surface area (Å²) in [6.45, 7) is 7.87. The van der Waals surface area contributed by atoms with Gasteiger partial charge in [0.25, 0.3) is 0 Å². The molecule has 0 N–H and O–H groups in total. The molecule has 0 radical (unpaired) electrons. The summed E-state index contributed by atoms with van der Waals surface area (Å²) in [5.74, 6) is 0.225. The quantitative estimate of drug-likeness (QED) is 0.769. The summed E-state index contributed by atoms with van der Waals surface area (Å²) >= 11 is 3.37. The summed E-state index contributed by atoms with van der Waals surface area (Å²) < 4.78 is 0.942. The van der Waals surface area contributed by atoms with Crippen LogP contribution in [0.1, 0.15) is 18.9 Å². The summed E-state index contributed by atoms with van der Waals surface area (Å²) in [4.78, 5) is 13.2. The molecule has 92 valence electrons. The Kier molecular flexibility index (Phi) is 6.16. The predicted octanol–water partition coefficient (Wildman–Crippen LogP) is 3.38. The SMILES string of the molecule is C=C(Br)CN(CCC(C)=O)Cc1ccccc1. The van der Waals surface area contributed by atoms with E-state index in [2.05, 4.69) is 39.5 Å². The van der Waals surface area contributed by atoms with Gasteiger partial charge in [0.2, 0.25) is 0 Å². The largest absolute Gasteiger partial charge is 0.300 e. The van der Waals surface area contributed by atoms with Crippen LogP contribution >= 0.6 is 15.9 Å². The van der Waals surface area contributed by atoms with E-state index < -0.39 is 0 Å².